The number of pyridine rings is 1. The number of nitrogens with zero attached hydrogens (tertiary/aromatic N) is 3. The van der Waals surface area contributed by atoms with Crippen LogP contribution in [0.2, 0.25) is 5.02 Å². The molecule has 26 heavy (non-hydrogen) atoms. The summed E-state index contributed by atoms with van der Waals surface area (Å²) in [6.45, 7) is -0.365. The van der Waals surface area contributed by atoms with E-state index in [9.17, 15) is 9.18 Å². The zero-order valence-corrected chi connectivity index (χ0v) is 14.0. The lowest BCUT2D eigenvalue weighted by Crippen LogP contribution is -2.15. The van der Waals surface area contributed by atoms with Crippen molar-refractivity contribution in [3.63, 3.8) is 0 Å². The van der Waals surface area contributed by atoms with Gasteiger partial charge in [0.25, 0.3) is 0 Å². The van der Waals surface area contributed by atoms with Crippen LogP contribution < -0.4 is 10.6 Å². The lowest BCUT2D eigenvalue weighted by atomic mass is 10.2. The Bertz CT molecular complexity index is 919. The van der Waals surface area contributed by atoms with Crippen LogP contribution >= 0.6 is 11.6 Å². The van der Waals surface area contributed by atoms with Crippen LogP contribution in [0.5, 0.6) is 0 Å². The molecule has 0 saturated heterocycles. The van der Waals surface area contributed by atoms with Crippen molar-refractivity contribution in [3.8, 4) is 11.3 Å². The van der Waals surface area contributed by atoms with E-state index in [1.165, 1.54) is 12.1 Å². The maximum absolute atomic E-state index is 14.0. The van der Waals surface area contributed by atoms with Crippen LogP contribution in [0, 0.1) is 5.82 Å². The first-order valence-corrected chi connectivity index (χ1v) is 7.87. The smallest absolute Gasteiger partial charge is 0.322 e. The van der Waals surface area contributed by atoms with Crippen LogP contribution in [0.3, 0.4) is 0 Å². The van der Waals surface area contributed by atoms with Gasteiger partial charge in [0.1, 0.15) is 18.2 Å². The number of aliphatic carboxylic acids is 1. The van der Waals surface area contributed by atoms with Crippen molar-refractivity contribution < 1.29 is 14.3 Å². The van der Waals surface area contributed by atoms with Crippen molar-refractivity contribution in [2.24, 2.45) is 0 Å². The number of rotatable bonds is 6. The summed E-state index contributed by atoms with van der Waals surface area (Å²) in [5.41, 5.74) is 1.24. The molecule has 0 saturated carbocycles. The van der Waals surface area contributed by atoms with Gasteiger partial charge < -0.3 is 15.7 Å². The molecular formula is C17H13ClFN5O2. The van der Waals surface area contributed by atoms with E-state index in [0.717, 1.165) is 0 Å². The fourth-order valence-electron chi connectivity index (χ4n) is 2.15. The minimum Gasteiger partial charge on any atom is -0.480 e. The molecule has 2 aromatic heterocycles. The van der Waals surface area contributed by atoms with Gasteiger partial charge in [0.2, 0.25) is 5.95 Å². The summed E-state index contributed by atoms with van der Waals surface area (Å²) in [6, 6.07) is 9.41. The normalized spacial score (nSPS) is 10.4. The standard InChI is InChI=1S/C17H13ClFN5O2/c18-11-4-1-5-12(19)16(11)23-14-7-13(10-3-2-6-20-8-10)22-17(24-14)21-9-15(25)26/h1-8H,9H2,(H,25,26)(H2,21,22,23,24). The van der Waals surface area contributed by atoms with Crippen LogP contribution in [0.25, 0.3) is 11.3 Å². The summed E-state index contributed by atoms with van der Waals surface area (Å²) >= 11 is 6.03. The van der Waals surface area contributed by atoms with E-state index >= 15 is 0 Å². The van der Waals surface area contributed by atoms with Crippen molar-refractivity contribution in [1.29, 1.82) is 0 Å². The average molecular weight is 374 g/mol. The van der Waals surface area contributed by atoms with Gasteiger partial charge in [-0.2, -0.15) is 4.98 Å². The Kier molecular flexibility index (Phi) is 5.23. The largest absolute Gasteiger partial charge is 0.480 e. The first-order valence-electron chi connectivity index (χ1n) is 7.49. The van der Waals surface area contributed by atoms with Crippen LogP contribution in [0.15, 0.2) is 48.8 Å². The van der Waals surface area contributed by atoms with Crippen LogP contribution in [-0.4, -0.2) is 32.6 Å². The molecular weight excluding hydrogens is 361 g/mol. The Balaban J connectivity index is 2.00. The summed E-state index contributed by atoms with van der Waals surface area (Å²) in [5, 5.41) is 14.4. The third-order valence-electron chi connectivity index (χ3n) is 3.30. The van der Waals surface area contributed by atoms with Gasteiger partial charge in [-0.3, -0.25) is 9.78 Å². The Morgan fingerprint density at radius 1 is 1.23 bits per heavy atom. The van der Waals surface area contributed by atoms with Gasteiger partial charge in [-0.1, -0.05) is 17.7 Å². The molecule has 3 aromatic rings. The van der Waals surface area contributed by atoms with Crippen molar-refractivity contribution >= 4 is 35.0 Å². The third-order valence-corrected chi connectivity index (χ3v) is 3.61. The predicted octanol–water partition coefficient (Wildman–Crippen LogP) is 3.57. The molecule has 0 radical (unpaired) electrons. The van der Waals surface area contributed by atoms with E-state index in [-0.39, 0.29) is 29.0 Å². The molecule has 1 aromatic carbocycles. The van der Waals surface area contributed by atoms with E-state index < -0.39 is 11.8 Å². The summed E-state index contributed by atoms with van der Waals surface area (Å²) in [6.07, 6.45) is 3.22. The van der Waals surface area contributed by atoms with Crippen molar-refractivity contribution in [2.45, 2.75) is 0 Å². The zero-order chi connectivity index (χ0) is 18.5. The SMILES string of the molecule is O=C(O)CNc1nc(Nc2c(F)cccc2Cl)cc(-c2cccnc2)n1. The Morgan fingerprint density at radius 2 is 2.08 bits per heavy atom. The molecule has 0 atom stereocenters. The van der Waals surface area contributed by atoms with Gasteiger partial charge in [-0.05, 0) is 24.3 Å². The zero-order valence-electron chi connectivity index (χ0n) is 13.3. The second-order valence-electron chi connectivity index (χ2n) is 5.17. The molecule has 0 unspecified atom stereocenters. The van der Waals surface area contributed by atoms with Crippen LogP contribution in [-0.2, 0) is 4.79 Å². The van der Waals surface area contributed by atoms with E-state index in [1.54, 1.807) is 36.7 Å². The van der Waals surface area contributed by atoms with Crippen LogP contribution in [0.4, 0.5) is 21.8 Å². The highest BCUT2D eigenvalue weighted by Gasteiger charge is 2.12. The molecule has 3 N–H and O–H groups in total. The predicted molar refractivity (Wildman–Crippen MR) is 96.1 cm³/mol. The highest BCUT2D eigenvalue weighted by atomic mass is 35.5. The highest BCUT2D eigenvalue weighted by molar-refractivity contribution is 6.33. The molecule has 0 amide bonds. The Labute approximate surface area is 152 Å². The third kappa shape index (κ3) is 4.22. The topological polar surface area (TPSA) is 100 Å². The van der Waals surface area contributed by atoms with Crippen molar-refractivity contribution in [1.82, 2.24) is 15.0 Å². The number of hydrogen-bond donors (Lipinski definition) is 3. The van der Waals surface area contributed by atoms with Gasteiger partial charge in [0.05, 0.1) is 16.4 Å². The second kappa shape index (κ2) is 7.75. The van der Waals surface area contributed by atoms with Gasteiger partial charge >= 0.3 is 5.97 Å². The minimum absolute atomic E-state index is 0.0641. The fraction of sp³-hybridized carbons (Fsp3) is 0.0588. The number of benzene rings is 1. The summed E-state index contributed by atoms with van der Waals surface area (Å²) < 4.78 is 14.0. The second-order valence-corrected chi connectivity index (χ2v) is 5.58. The summed E-state index contributed by atoms with van der Waals surface area (Å²) in [4.78, 5) is 23.2. The number of carboxylic acids is 1. The van der Waals surface area contributed by atoms with Crippen molar-refractivity contribution in [2.75, 3.05) is 17.2 Å². The number of aromatic nitrogens is 3. The number of carbonyl (C=O) groups is 1. The molecule has 2 heterocycles. The maximum Gasteiger partial charge on any atom is 0.322 e. The van der Waals surface area contributed by atoms with Gasteiger partial charge in [-0.15, -0.1) is 0 Å². The number of nitrogens with one attached hydrogen (secondary N) is 2. The number of hydrogen-bond acceptors (Lipinski definition) is 6. The molecule has 132 valence electrons. The first-order chi connectivity index (χ1) is 12.5. The molecule has 7 nitrogen and oxygen atoms in total. The Hall–Kier alpha value is -3.26. The van der Waals surface area contributed by atoms with Gasteiger partial charge in [0.15, 0.2) is 0 Å². The average Bonchev–Trinajstić information content (AvgIpc) is 2.64. The van der Waals surface area contributed by atoms with Crippen LogP contribution in [0.1, 0.15) is 0 Å². The fourth-order valence-corrected chi connectivity index (χ4v) is 2.36. The molecule has 0 bridgehead atoms. The van der Waals surface area contributed by atoms with Gasteiger partial charge in [0, 0.05) is 24.0 Å². The maximum atomic E-state index is 14.0. The summed E-state index contributed by atoms with van der Waals surface area (Å²) in [5.74, 6) is -1.28. The van der Waals surface area contributed by atoms with E-state index in [2.05, 4.69) is 25.6 Å². The van der Waals surface area contributed by atoms with Gasteiger partial charge in [-0.25, -0.2) is 9.37 Å². The number of para-hydroxylation sites is 1. The number of halogens is 2. The first kappa shape index (κ1) is 17.6. The molecule has 0 aliphatic heterocycles. The van der Waals surface area contributed by atoms with Crippen molar-refractivity contribution in [3.05, 3.63) is 59.6 Å². The molecule has 0 spiro atoms. The minimum atomic E-state index is -1.06. The lowest BCUT2D eigenvalue weighted by Gasteiger charge is -2.12. The van der Waals surface area contributed by atoms with E-state index in [1.807, 2.05) is 0 Å². The Morgan fingerprint density at radius 3 is 2.77 bits per heavy atom. The van der Waals surface area contributed by atoms with E-state index in [4.69, 9.17) is 16.7 Å². The summed E-state index contributed by atoms with van der Waals surface area (Å²) in [7, 11) is 0. The molecule has 0 aliphatic rings. The number of anilines is 3. The molecule has 0 fully saturated rings. The molecule has 9 heteroatoms. The molecule has 3 rings (SSSR count). The highest BCUT2D eigenvalue weighted by Crippen LogP contribution is 2.29. The number of carboxylic acid groups (broad SMARTS) is 1. The monoisotopic (exact) mass is 373 g/mol. The quantitative estimate of drug-likeness (QED) is 0.607. The van der Waals surface area contributed by atoms with E-state index in [0.29, 0.717) is 11.3 Å². The lowest BCUT2D eigenvalue weighted by molar-refractivity contribution is -0.134. The molecule has 0 aliphatic carbocycles.